The van der Waals surface area contributed by atoms with Gasteiger partial charge in [0.2, 0.25) is 0 Å². The van der Waals surface area contributed by atoms with Crippen LogP contribution in [0.25, 0.3) is 0 Å². The highest BCUT2D eigenvalue weighted by atomic mass is 16.6. The zero-order valence-corrected chi connectivity index (χ0v) is 5.83. The first kappa shape index (κ1) is 7.08. The van der Waals surface area contributed by atoms with Crippen LogP contribution in [0.5, 0.6) is 5.95 Å². The third-order valence-corrected chi connectivity index (χ3v) is 0.969. The summed E-state index contributed by atoms with van der Waals surface area (Å²) in [7, 11) is 0. The van der Waals surface area contributed by atoms with Crippen LogP contribution >= 0.6 is 0 Å². The molecule has 1 rings (SSSR count). The van der Waals surface area contributed by atoms with E-state index in [4.69, 9.17) is 15.0 Å². The van der Waals surface area contributed by atoms with Crippen molar-refractivity contribution in [3.05, 3.63) is 11.8 Å². The molecule has 0 aliphatic carbocycles. The fourth-order valence-electron chi connectivity index (χ4n) is 0.568. The summed E-state index contributed by atoms with van der Waals surface area (Å²) >= 11 is 0. The molecule has 0 saturated heterocycles. The van der Waals surface area contributed by atoms with Crippen LogP contribution in [0.3, 0.4) is 0 Å². The Hall–Kier alpha value is -1.03. The van der Waals surface area contributed by atoms with Crippen LogP contribution in [-0.4, -0.2) is 18.3 Å². The Morgan fingerprint density at radius 2 is 2.60 bits per heavy atom. The second-order valence-electron chi connectivity index (χ2n) is 1.92. The number of hydrogen-bond donors (Lipinski definition) is 1. The number of nitrogens with zero attached hydrogens (tertiary/aromatic N) is 1. The molecule has 1 aromatic heterocycles. The molecule has 0 fully saturated rings. The Bertz CT molecular complexity index is 197. The Labute approximate surface area is 58.9 Å². The van der Waals surface area contributed by atoms with E-state index in [1.165, 1.54) is 0 Å². The van der Waals surface area contributed by atoms with Crippen molar-refractivity contribution >= 4 is 0 Å². The van der Waals surface area contributed by atoms with Crippen LogP contribution in [0.2, 0.25) is 0 Å². The Morgan fingerprint density at radius 1 is 1.80 bits per heavy atom. The van der Waals surface area contributed by atoms with Gasteiger partial charge >= 0.3 is 5.95 Å². The summed E-state index contributed by atoms with van der Waals surface area (Å²) in [5, 5.41) is 3.63. The number of aromatic nitrogens is 1. The van der Waals surface area contributed by atoms with Gasteiger partial charge in [-0.05, 0) is 6.92 Å². The molecule has 56 valence electrons. The smallest absolute Gasteiger partial charge is 0.311 e. The lowest BCUT2D eigenvalue weighted by atomic mass is 10.5. The maximum Gasteiger partial charge on any atom is 0.311 e. The largest absolute Gasteiger partial charge is 0.462 e. The van der Waals surface area contributed by atoms with Gasteiger partial charge in [-0.25, -0.2) is 0 Å². The topological polar surface area (TPSA) is 61.3 Å². The Balaban J connectivity index is 2.42. The zero-order chi connectivity index (χ0) is 7.40. The highest BCUT2D eigenvalue weighted by molar-refractivity contribution is 5.07. The molecule has 4 nitrogen and oxygen atoms in total. The molecule has 1 heterocycles. The molecule has 2 N–H and O–H groups in total. The molecule has 0 saturated carbocycles. The number of hydrogen-bond acceptors (Lipinski definition) is 4. The standard InChI is InChI=1S/C6H10N2O2/c1-5-4-6(10-8-5)9-3-2-7/h4H,2-3,7H2,1H3. The maximum absolute atomic E-state index is 5.20. The van der Waals surface area contributed by atoms with E-state index in [1.807, 2.05) is 6.92 Å². The van der Waals surface area contributed by atoms with E-state index in [9.17, 15) is 0 Å². The Kier molecular flexibility index (Phi) is 2.28. The minimum Gasteiger partial charge on any atom is -0.462 e. The molecular weight excluding hydrogens is 132 g/mol. The molecule has 0 unspecified atom stereocenters. The number of nitrogens with two attached hydrogens (primary N) is 1. The lowest BCUT2D eigenvalue weighted by Gasteiger charge is -1.95. The summed E-state index contributed by atoms with van der Waals surface area (Å²) in [5.74, 6) is 0.433. The van der Waals surface area contributed by atoms with Crippen LogP contribution in [0, 0.1) is 6.92 Å². The van der Waals surface area contributed by atoms with Crippen LogP contribution < -0.4 is 10.5 Å². The third-order valence-electron chi connectivity index (χ3n) is 0.969. The van der Waals surface area contributed by atoms with Gasteiger partial charge in [0, 0.05) is 12.6 Å². The molecule has 4 heteroatoms. The van der Waals surface area contributed by atoms with E-state index >= 15 is 0 Å². The first-order chi connectivity index (χ1) is 4.83. The van der Waals surface area contributed by atoms with Crippen molar-refractivity contribution in [2.75, 3.05) is 13.2 Å². The van der Waals surface area contributed by atoms with Crippen molar-refractivity contribution in [2.24, 2.45) is 5.73 Å². The van der Waals surface area contributed by atoms with E-state index in [1.54, 1.807) is 6.07 Å². The van der Waals surface area contributed by atoms with Crippen molar-refractivity contribution < 1.29 is 9.26 Å². The molecule has 0 aliphatic rings. The fourth-order valence-corrected chi connectivity index (χ4v) is 0.568. The zero-order valence-electron chi connectivity index (χ0n) is 5.83. The van der Waals surface area contributed by atoms with Crippen LogP contribution in [-0.2, 0) is 0 Å². The minimum absolute atomic E-state index is 0.433. The monoisotopic (exact) mass is 142 g/mol. The summed E-state index contributed by atoms with van der Waals surface area (Å²) < 4.78 is 9.76. The summed E-state index contributed by atoms with van der Waals surface area (Å²) in [6, 6.07) is 1.72. The minimum atomic E-state index is 0.433. The fraction of sp³-hybridized carbons (Fsp3) is 0.500. The number of aryl methyl sites for hydroxylation is 1. The van der Waals surface area contributed by atoms with Gasteiger partial charge in [-0.2, -0.15) is 0 Å². The first-order valence-electron chi connectivity index (χ1n) is 3.09. The summed E-state index contributed by atoms with van der Waals surface area (Å²) in [6.45, 7) is 2.78. The van der Waals surface area contributed by atoms with Crippen molar-refractivity contribution in [3.8, 4) is 5.95 Å². The average Bonchev–Trinajstić information content (AvgIpc) is 2.31. The van der Waals surface area contributed by atoms with Crippen molar-refractivity contribution in [1.82, 2.24) is 5.16 Å². The van der Waals surface area contributed by atoms with Gasteiger partial charge in [-0.1, -0.05) is 5.16 Å². The van der Waals surface area contributed by atoms with Gasteiger partial charge in [-0.15, -0.1) is 0 Å². The molecule has 0 amide bonds. The highest BCUT2D eigenvalue weighted by Gasteiger charge is 1.98. The van der Waals surface area contributed by atoms with E-state index < -0.39 is 0 Å². The lowest BCUT2D eigenvalue weighted by Crippen LogP contribution is -2.10. The van der Waals surface area contributed by atoms with Gasteiger partial charge in [-0.3, -0.25) is 0 Å². The van der Waals surface area contributed by atoms with Crippen molar-refractivity contribution in [2.45, 2.75) is 6.92 Å². The van der Waals surface area contributed by atoms with E-state index in [2.05, 4.69) is 5.16 Å². The van der Waals surface area contributed by atoms with Crippen LogP contribution in [0.4, 0.5) is 0 Å². The molecule has 0 atom stereocenters. The van der Waals surface area contributed by atoms with Crippen molar-refractivity contribution in [3.63, 3.8) is 0 Å². The van der Waals surface area contributed by atoms with Gasteiger partial charge in [0.05, 0.1) is 5.69 Å². The van der Waals surface area contributed by atoms with E-state index in [-0.39, 0.29) is 0 Å². The van der Waals surface area contributed by atoms with Gasteiger partial charge in [0.25, 0.3) is 0 Å². The molecule has 0 radical (unpaired) electrons. The summed E-state index contributed by atoms with van der Waals surface area (Å²) in [4.78, 5) is 0. The maximum atomic E-state index is 5.20. The van der Waals surface area contributed by atoms with Crippen LogP contribution in [0.15, 0.2) is 10.6 Å². The summed E-state index contributed by atoms with van der Waals surface area (Å²) in [5.41, 5.74) is 6.01. The normalized spacial score (nSPS) is 9.80. The van der Waals surface area contributed by atoms with Gasteiger partial charge in [0.15, 0.2) is 0 Å². The molecule has 0 aliphatic heterocycles. The predicted octanol–water partition coefficient (Wildman–Crippen LogP) is 0.321. The van der Waals surface area contributed by atoms with E-state index in [0.717, 1.165) is 5.69 Å². The van der Waals surface area contributed by atoms with Crippen molar-refractivity contribution in [1.29, 1.82) is 0 Å². The molecule has 0 spiro atoms. The average molecular weight is 142 g/mol. The van der Waals surface area contributed by atoms with Crippen LogP contribution in [0.1, 0.15) is 5.69 Å². The third kappa shape index (κ3) is 1.73. The van der Waals surface area contributed by atoms with Gasteiger partial charge in [0.1, 0.15) is 6.61 Å². The second kappa shape index (κ2) is 3.22. The highest BCUT2D eigenvalue weighted by Crippen LogP contribution is 2.10. The number of ether oxygens (including phenoxy) is 1. The molecule has 10 heavy (non-hydrogen) atoms. The molecular formula is C6H10N2O2. The quantitative estimate of drug-likeness (QED) is 0.660. The summed E-state index contributed by atoms with van der Waals surface area (Å²) in [6.07, 6.45) is 0. The second-order valence-corrected chi connectivity index (χ2v) is 1.92. The molecule has 1 aromatic rings. The first-order valence-corrected chi connectivity index (χ1v) is 3.09. The van der Waals surface area contributed by atoms with E-state index in [0.29, 0.717) is 19.1 Å². The Morgan fingerprint density at radius 3 is 3.10 bits per heavy atom. The van der Waals surface area contributed by atoms with Gasteiger partial charge < -0.3 is 15.0 Å². The molecule has 0 bridgehead atoms. The predicted molar refractivity (Wildman–Crippen MR) is 35.8 cm³/mol. The SMILES string of the molecule is Cc1cc(OCCN)on1. The molecule has 0 aromatic carbocycles. The number of rotatable bonds is 3. The lowest BCUT2D eigenvalue weighted by molar-refractivity contribution is 0.219.